The fourth-order valence-corrected chi connectivity index (χ4v) is 3.06. The Hall–Kier alpha value is -1.46. The Bertz CT molecular complexity index is 430. The molecule has 2 saturated heterocycles. The summed E-state index contributed by atoms with van der Waals surface area (Å²) in [4.78, 5) is 12.8. The maximum absolute atomic E-state index is 10.6. The molecule has 1 N–H and O–H groups in total. The number of hydrogen-bond acceptors (Lipinski definition) is 4. The first-order valence-electron chi connectivity index (χ1n) is 6.44. The number of nitrogens with one attached hydrogen (secondary N) is 1. The molecule has 0 spiro atoms. The Balaban J connectivity index is 1.71. The van der Waals surface area contributed by atoms with Gasteiger partial charge >= 0.3 is 0 Å². The second-order valence-electron chi connectivity index (χ2n) is 5.14. The largest absolute Gasteiger partial charge is 0.314 e. The van der Waals surface area contributed by atoms with Crippen LogP contribution >= 0.6 is 0 Å². The van der Waals surface area contributed by atoms with Gasteiger partial charge in [0.25, 0.3) is 5.69 Å². The van der Waals surface area contributed by atoms with Crippen molar-refractivity contribution in [3.63, 3.8) is 0 Å². The first kappa shape index (κ1) is 11.6. The number of nitro groups is 1. The van der Waals surface area contributed by atoms with Crippen LogP contribution in [0.15, 0.2) is 24.3 Å². The summed E-state index contributed by atoms with van der Waals surface area (Å²) in [6.07, 6.45) is 2.54. The van der Waals surface area contributed by atoms with Crippen LogP contribution < -0.4 is 5.32 Å². The zero-order valence-electron chi connectivity index (χ0n) is 10.2. The van der Waals surface area contributed by atoms with E-state index in [1.807, 2.05) is 12.1 Å². The van der Waals surface area contributed by atoms with E-state index < -0.39 is 0 Å². The number of benzene rings is 1. The minimum atomic E-state index is -0.349. The van der Waals surface area contributed by atoms with Crippen molar-refractivity contribution in [2.45, 2.75) is 31.5 Å². The molecule has 3 rings (SSSR count). The van der Waals surface area contributed by atoms with E-state index in [4.69, 9.17) is 0 Å². The van der Waals surface area contributed by atoms with Gasteiger partial charge in [0.15, 0.2) is 0 Å². The normalized spacial score (nSPS) is 27.3. The molecule has 2 heterocycles. The molecule has 2 atom stereocenters. The molecule has 96 valence electrons. The first-order valence-corrected chi connectivity index (χ1v) is 6.44. The van der Waals surface area contributed by atoms with Crippen LogP contribution in [0.4, 0.5) is 5.69 Å². The van der Waals surface area contributed by atoms with Crippen LogP contribution in [0.3, 0.4) is 0 Å². The van der Waals surface area contributed by atoms with Crippen LogP contribution in [0, 0.1) is 10.1 Å². The summed E-state index contributed by atoms with van der Waals surface area (Å²) < 4.78 is 0. The lowest BCUT2D eigenvalue weighted by Crippen LogP contribution is -2.51. The minimum absolute atomic E-state index is 0.169. The van der Waals surface area contributed by atoms with E-state index in [0.717, 1.165) is 19.6 Å². The quantitative estimate of drug-likeness (QED) is 0.650. The number of rotatable bonds is 3. The van der Waals surface area contributed by atoms with Gasteiger partial charge in [0.05, 0.1) is 4.92 Å². The van der Waals surface area contributed by atoms with Crippen molar-refractivity contribution in [3.8, 4) is 0 Å². The van der Waals surface area contributed by atoms with Crippen molar-refractivity contribution in [1.82, 2.24) is 10.2 Å². The van der Waals surface area contributed by atoms with E-state index in [1.165, 1.54) is 18.4 Å². The van der Waals surface area contributed by atoms with Crippen LogP contribution in [-0.2, 0) is 6.54 Å². The maximum Gasteiger partial charge on any atom is 0.269 e. The maximum atomic E-state index is 10.6. The summed E-state index contributed by atoms with van der Waals surface area (Å²) in [5.41, 5.74) is 1.33. The van der Waals surface area contributed by atoms with Gasteiger partial charge in [-0.15, -0.1) is 0 Å². The first-order chi connectivity index (χ1) is 8.74. The van der Waals surface area contributed by atoms with E-state index in [-0.39, 0.29) is 10.6 Å². The molecular formula is C13H17N3O2. The average molecular weight is 247 g/mol. The van der Waals surface area contributed by atoms with Crippen molar-refractivity contribution in [2.75, 3.05) is 13.1 Å². The van der Waals surface area contributed by atoms with Crippen molar-refractivity contribution < 1.29 is 4.92 Å². The van der Waals surface area contributed by atoms with Gasteiger partial charge in [-0.1, -0.05) is 12.1 Å². The van der Waals surface area contributed by atoms with Gasteiger partial charge < -0.3 is 5.32 Å². The van der Waals surface area contributed by atoms with Crippen molar-refractivity contribution >= 4 is 5.69 Å². The van der Waals surface area contributed by atoms with E-state index in [2.05, 4.69) is 10.2 Å². The summed E-state index contributed by atoms with van der Waals surface area (Å²) in [6.45, 7) is 3.06. The van der Waals surface area contributed by atoms with Gasteiger partial charge in [0.2, 0.25) is 0 Å². The van der Waals surface area contributed by atoms with Crippen molar-refractivity contribution in [3.05, 3.63) is 39.9 Å². The van der Waals surface area contributed by atoms with Gasteiger partial charge in [-0.3, -0.25) is 15.0 Å². The molecule has 2 unspecified atom stereocenters. The van der Waals surface area contributed by atoms with Crippen LogP contribution in [0.5, 0.6) is 0 Å². The number of non-ortho nitro benzene ring substituents is 1. The average Bonchev–Trinajstić information content (AvgIpc) is 2.62. The van der Waals surface area contributed by atoms with Crippen LogP contribution in [0.25, 0.3) is 0 Å². The molecule has 2 fully saturated rings. The lowest BCUT2D eigenvalue weighted by molar-refractivity contribution is -0.384. The van der Waals surface area contributed by atoms with Crippen molar-refractivity contribution in [2.24, 2.45) is 0 Å². The summed E-state index contributed by atoms with van der Waals surface area (Å²) in [5.74, 6) is 0. The molecule has 0 aromatic heterocycles. The second-order valence-corrected chi connectivity index (χ2v) is 5.14. The highest BCUT2D eigenvalue weighted by Gasteiger charge is 2.35. The molecule has 1 aromatic rings. The van der Waals surface area contributed by atoms with E-state index in [0.29, 0.717) is 12.1 Å². The Morgan fingerprint density at radius 1 is 1.22 bits per heavy atom. The third-order valence-electron chi connectivity index (χ3n) is 4.04. The Kier molecular flexibility index (Phi) is 3.01. The number of nitro benzene ring substituents is 1. The van der Waals surface area contributed by atoms with Gasteiger partial charge in [0.1, 0.15) is 0 Å². The molecule has 18 heavy (non-hydrogen) atoms. The summed E-state index contributed by atoms with van der Waals surface area (Å²) >= 11 is 0. The zero-order valence-corrected chi connectivity index (χ0v) is 10.2. The zero-order chi connectivity index (χ0) is 12.5. The van der Waals surface area contributed by atoms with E-state index in [1.54, 1.807) is 12.1 Å². The number of nitrogens with zero attached hydrogens (tertiary/aromatic N) is 2. The Labute approximate surface area is 106 Å². The Morgan fingerprint density at radius 2 is 1.83 bits per heavy atom. The van der Waals surface area contributed by atoms with Crippen LogP contribution in [-0.4, -0.2) is 35.0 Å². The molecule has 2 aliphatic rings. The smallest absolute Gasteiger partial charge is 0.269 e. The molecule has 5 heteroatoms. The predicted octanol–water partition coefficient (Wildman–Crippen LogP) is 1.53. The highest BCUT2D eigenvalue weighted by molar-refractivity contribution is 5.33. The van der Waals surface area contributed by atoms with E-state index >= 15 is 0 Å². The molecule has 0 saturated carbocycles. The Morgan fingerprint density at radius 3 is 2.39 bits per heavy atom. The summed E-state index contributed by atoms with van der Waals surface area (Å²) in [6, 6.07) is 8.22. The third kappa shape index (κ3) is 2.11. The summed E-state index contributed by atoms with van der Waals surface area (Å²) in [7, 11) is 0. The third-order valence-corrected chi connectivity index (χ3v) is 4.04. The molecule has 5 nitrogen and oxygen atoms in total. The SMILES string of the molecule is O=[N+]([O-])c1ccc(CN2C3CCC2CNC3)cc1. The molecule has 0 radical (unpaired) electrons. The fourth-order valence-electron chi connectivity index (χ4n) is 3.06. The molecule has 2 bridgehead atoms. The molecule has 1 aromatic carbocycles. The molecule has 0 amide bonds. The lowest BCUT2D eigenvalue weighted by atomic mass is 10.1. The van der Waals surface area contributed by atoms with Crippen LogP contribution in [0.2, 0.25) is 0 Å². The van der Waals surface area contributed by atoms with Gasteiger partial charge in [0, 0.05) is 43.9 Å². The predicted molar refractivity (Wildman–Crippen MR) is 68.3 cm³/mol. The number of fused-ring (bicyclic) bond motifs is 2. The highest BCUT2D eigenvalue weighted by atomic mass is 16.6. The lowest BCUT2D eigenvalue weighted by Gasteiger charge is -2.35. The second kappa shape index (κ2) is 4.66. The van der Waals surface area contributed by atoms with Crippen LogP contribution in [0.1, 0.15) is 18.4 Å². The number of piperazine rings is 1. The molecule has 0 aliphatic carbocycles. The van der Waals surface area contributed by atoms with Crippen molar-refractivity contribution in [1.29, 1.82) is 0 Å². The highest BCUT2D eigenvalue weighted by Crippen LogP contribution is 2.28. The fraction of sp³-hybridized carbons (Fsp3) is 0.538. The molecule has 2 aliphatic heterocycles. The van der Waals surface area contributed by atoms with Gasteiger partial charge in [-0.25, -0.2) is 0 Å². The van der Waals surface area contributed by atoms with Gasteiger partial charge in [-0.2, -0.15) is 0 Å². The minimum Gasteiger partial charge on any atom is -0.314 e. The molecular weight excluding hydrogens is 230 g/mol. The van der Waals surface area contributed by atoms with E-state index in [9.17, 15) is 10.1 Å². The summed E-state index contributed by atoms with van der Waals surface area (Å²) in [5, 5.41) is 14.1. The number of hydrogen-bond donors (Lipinski definition) is 1. The monoisotopic (exact) mass is 247 g/mol. The standard InChI is InChI=1S/C13H17N3O2/c17-16(18)11-3-1-10(2-4-11)9-15-12-5-6-13(15)8-14-7-12/h1-4,12-14H,5-9H2. The van der Waals surface area contributed by atoms with Gasteiger partial charge in [-0.05, 0) is 18.4 Å². The topological polar surface area (TPSA) is 58.4 Å².